The maximum absolute atomic E-state index is 13.2. The third-order valence-corrected chi connectivity index (χ3v) is 6.32. The summed E-state index contributed by atoms with van der Waals surface area (Å²) in [7, 11) is 1.56. The summed E-state index contributed by atoms with van der Waals surface area (Å²) in [5, 5.41) is 6.06. The zero-order valence-electron chi connectivity index (χ0n) is 20.2. The maximum Gasteiger partial charge on any atom is 0.416 e. The van der Waals surface area contributed by atoms with E-state index in [2.05, 4.69) is 20.5 Å². The number of nitrogens with one attached hydrogen (secondary N) is 2. The van der Waals surface area contributed by atoms with Gasteiger partial charge < -0.3 is 10.1 Å². The average Bonchev–Trinajstić information content (AvgIpc) is 3.25. The van der Waals surface area contributed by atoms with Crippen molar-refractivity contribution in [1.82, 2.24) is 19.8 Å². The predicted molar refractivity (Wildman–Crippen MR) is 135 cm³/mol. The Morgan fingerprint density at radius 2 is 1.84 bits per heavy atom. The van der Waals surface area contributed by atoms with Crippen LogP contribution in [0.5, 0.6) is 5.75 Å². The molecule has 2 heterocycles. The first kappa shape index (κ1) is 24.8. The zero-order chi connectivity index (χ0) is 26.0. The van der Waals surface area contributed by atoms with Gasteiger partial charge in [-0.3, -0.25) is 19.6 Å². The number of alkyl halides is 3. The highest BCUT2D eigenvalue weighted by Gasteiger charge is 2.31. The number of hydrogen-bond acceptors (Lipinski definition) is 5. The van der Waals surface area contributed by atoms with Gasteiger partial charge in [0.15, 0.2) is 0 Å². The second kappa shape index (κ2) is 10.2. The molecule has 0 bridgehead atoms. The zero-order valence-corrected chi connectivity index (χ0v) is 20.2. The first-order valence-electron chi connectivity index (χ1n) is 11.9. The van der Waals surface area contributed by atoms with Gasteiger partial charge in [-0.05, 0) is 48.0 Å². The molecular formula is C27H26F3N5O2. The van der Waals surface area contributed by atoms with Crippen molar-refractivity contribution in [2.75, 3.05) is 38.6 Å². The first-order chi connectivity index (χ1) is 17.8. The van der Waals surface area contributed by atoms with E-state index in [0.29, 0.717) is 17.0 Å². The van der Waals surface area contributed by atoms with Crippen LogP contribution in [0.25, 0.3) is 16.7 Å². The Hall–Kier alpha value is -3.89. The normalized spacial score (nSPS) is 14.6. The largest absolute Gasteiger partial charge is 0.497 e. The molecule has 4 aromatic rings. The van der Waals surface area contributed by atoms with Crippen LogP contribution in [-0.2, 0) is 12.7 Å². The minimum Gasteiger partial charge on any atom is -0.497 e. The smallest absolute Gasteiger partial charge is 0.416 e. The highest BCUT2D eigenvalue weighted by atomic mass is 19.4. The number of fused-ring (bicyclic) bond motifs is 1. The van der Waals surface area contributed by atoms with Gasteiger partial charge in [0, 0.05) is 44.4 Å². The molecule has 0 radical (unpaired) electrons. The van der Waals surface area contributed by atoms with Crippen molar-refractivity contribution in [3.05, 3.63) is 83.4 Å². The van der Waals surface area contributed by atoms with Crippen molar-refractivity contribution >= 4 is 22.9 Å². The standard InChI is InChI=1S/C27H26F3N5O2/c1-37-22-7-3-6-21(16-22)35-24-9-8-18(17-34-12-10-31-11-13-34)14-23(24)32-26(35)33-25(36)19-4-2-5-20(15-19)27(28,29)30/h2-9,14-16,31H,10-13,17H2,1H3,(H,32,33,36). The van der Waals surface area contributed by atoms with E-state index in [1.807, 2.05) is 30.3 Å². The van der Waals surface area contributed by atoms with E-state index in [1.165, 1.54) is 12.1 Å². The number of nitrogens with zero attached hydrogens (tertiary/aromatic N) is 3. The second-order valence-electron chi connectivity index (χ2n) is 8.85. The Kier molecular flexibility index (Phi) is 6.86. The fourth-order valence-corrected chi connectivity index (χ4v) is 4.46. The molecule has 0 atom stereocenters. The lowest BCUT2D eigenvalue weighted by Gasteiger charge is -2.27. The molecule has 7 nitrogen and oxygen atoms in total. The minimum absolute atomic E-state index is 0.113. The summed E-state index contributed by atoms with van der Waals surface area (Å²) in [5.41, 5.74) is 2.18. The van der Waals surface area contributed by atoms with E-state index in [1.54, 1.807) is 23.8 Å². The molecule has 1 aliphatic rings. The molecule has 10 heteroatoms. The predicted octanol–water partition coefficient (Wildman–Crippen LogP) is 4.71. The first-order valence-corrected chi connectivity index (χ1v) is 11.9. The molecule has 1 aromatic heterocycles. The number of imidazole rings is 1. The van der Waals surface area contributed by atoms with Crippen LogP contribution < -0.4 is 15.4 Å². The minimum atomic E-state index is -4.55. The topological polar surface area (TPSA) is 71.4 Å². The van der Waals surface area contributed by atoms with E-state index in [0.717, 1.165) is 55.9 Å². The molecule has 192 valence electrons. The molecule has 1 aliphatic heterocycles. The Balaban J connectivity index is 1.53. The molecule has 0 aliphatic carbocycles. The van der Waals surface area contributed by atoms with Gasteiger partial charge in [-0.2, -0.15) is 13.2 Å². The van der Waals surface area contributed by atoms with E-state index >= 15 is 0 Å². The number of piperazine rings is 1. The van der Waals surface area contributed by atoms with Crippen LogP contribution in [0.3, 0.4) is 0 Å². The Morgan fingerprint density at radius 3 is 2.59 bits per heavy atom. The molecule has 2 N–H and O–H groups in total. The third-order valence-electron chi connectivity index (χ3n) is 6.32. The number of carbonyl (C=O) groups is 1. The number of rotatable bonds is 6. The van der Waals surface area contributed by atoms with Gasteiger partial charge in [0.2, 0.25) is 5.95 Å². The van der Waals surface area contributed by atoms with Crippen LogP contribution in [0.1, 0.15) is 21.5 Å². The maximum atomic E-state index is 13.2. The van der Waals surface area contributed by atoms with Crippen molar-refractivity contribution in [3.63, 3.8) is 0 Å². The number of ether oxygens (including phenoxy) is 1. The SMILES string of the molecule is COc1cccc(-n2c(NC(=O)c3cccc(C(F)(F)F)c3)nc3cc(CN4CCNCC4)ccc32)c1. The van der Waals surface area contributed by atoms with Crippen molar-refractivity contribution in [2.24, 2.45) is 0 Å². The van der Waals surface area contributed by atoms with E-state index < -0.39 is 17.6 Å². The summed E-state index contributed by atoms with van der Waals surface area (Å²) in [6, 6.07) is 17.5. The number of anilines is 1. The molecule has 0 saturated carbocycles. The quantitative estimate of drug-likeness (QED) is 0.394. The van der Waals surface area contributed by atoms with Gasteiger partial charge in [0.1, 0.15) is 5.75 Å². The second-order valence-corrected chi connectivity index (χ2v) is 8.85. The van der Waals surface area contributed by atoms with Gasteiger partial charge in [0.25, 0.3) is 5.91 Å². The van der Waals surface area contributed by atoms with Crippen LogP contribution >= 0.6 is 0 Å². The van der Waals surface area contributed by atoms with Crippen LogP contribution in [0.15, 0.2) is 66.7 Å². The Bertz CT molecular complexity index is 1430. The summed E-state index contributed by atoms with van der Waals surface area (Å²) in [5.74, 6) is 0.126. The van der Waals surface area contributed by atoms with Crippen molar-refractivity contribution < 1.29 is 22.7 Å². The highest BCUT2D eigenvalue weighted by Crippen LogP contribution is 2.31. The van der Waals surface area contributed by atoms with Crippen LogP contribution in [0.4, 0.5) is 19.1 Å². The van der Waals surface area contributed by atoms with Crippen LogP contribution in [0, 0.1) is 0 Å². The fourth-order valence-electron chi connectivity index (χ4n) is 4.46. The highest BCUT2D eigenvalue weighted by molar-refractivity contribution is 6.04. The van der Waals surface area contributed by atoms with Gasteiger partial charge in [-0.15, -0.1) is 0 Å². The molecular weight excluding hydrogens is 483 g/mol. The Morgan fingerprint density at radius 1 is 1.05 bits per heavy atom. The molecule has 3 aromatic carbocycles. The summed E-state index contributed by atoms with van der Waals surface area (Å²) in [6.07, 6.45) is -4.55. The summed E-state index contributed by atoms with van der Waals surface area (Å²) in [6.45, 7) is 4.57. The monoisotopic (exact) mass is 509 g/mol. The lowest BCUT2D eigenvalue weighted by molar-refractivity contribution is -0.137. The summed E-state index contributed by atoms with van der Waals surface area (Å²) in [4.78, 5) is 20.1. The van der Waals surface area contributed by atoms with Crippen LogP contribution in [-0.4, -0.2) is 53.6 Å². The molecule has 0 spiro atoms. The molecule has 37 heavy (non-hydrogen) atoms. The fraction of sp³-hybridized carbons (Fsp3) is 0.259. The molecule has 1 saturated heterocycles. The van der Waals surface area contributed by atoms with Gasteiger partial charge in [-0.1, -0.05) is 18.2 Å². The third kappa shape index (κ3) is 5.45. The summed E-state index contributed by atoms with van der Waals surface area (Å²) >= 11 is 0. The van der Waals surface area contributed by atoms with Crippen molar-refractivity contribution in [2.45, 2.75) is 12.7 Å². The van der Waals surface area contributed by atoms with Gasteiger partial charge in [-0.25, -0.2) is 4.98 Å². The number of carbonyl (C=O) groups excluding carboxylic acids is 1. The lowest BCUT2D eigenvalue weighted by Crippen LogP contribution is -2.42. The molecule has 1 amide bonds. The van der Waals surface area contributed by atoms with Gasteiger partial charge >= 0.3 is 6.18 Å². The number of benzene rings is 3. The summed E-state index contributed by atoms with van der Waals surface area (Å²) < 4.78 is 46.7. The van der Waals surface area contributed by atoms with E-state index in [9.17, 15) is 18.0 Å². The number of hydrogen-bond donors (Lipinski definition) is 2. The van der Waals surface area contributed by atoms with E-state index in [4.69, 9.17) is 4.74 Å². The molecule has 0 unspecified atom stereocenters. The Labute approximate surface area is 211 Å². The van der Waals surface area contributed by atoms with Crippen molar-refractivity contribution in [3.8, 4) is 11.4 Å². The van der Waals surface area contributed by atoms with E-state index in [-0.39, 0.29) is 11.5 Å². The number of halogens is 3. The van der Waals surface area contributed by atoms with Crippen molar-refractivity contribution in [1.29, 1.82) is 0 Å². The number of amides is 1. The number of aromatic nitrogens is 2. The van der Waals surface area contributed by atoms with Gasteiger partial charge in [0.05, 0.1) is 29.4 Å². The average molecular weight is 510 g/mol. The number of methoxy groups -OCH3 is 1. The van der Waals surface area contributed by atoms with Crippen LogP contribution in [0.2, 0.25) is 0 Å². The lowest BCUT2D eigenvalue weighted by atomic mass is 10.1. The molecule has 1 fully saturated rings. The molecule has 5 rings (SSSR count).